The molecule has 0 atom stereocenters. The first-order valence-electron chi connectivity index (χ1n) is 12.6. The first-order chi connectivity index (χ1) is 18.0. The number of thiazole rings is 1. The van der Waals surface area contributed by atoms with Crippen molar-refractivity contribution in [3.05, 3.63) is 86.0 Å². The van der Waals surface area contributed by atoms with Gasteiger partial charge in [-0.15, -0.1) is 11.3 Å². The Hall–Kier alpha value is -2.72. The van der Waals surface area contributed by atoms with Gasteiger partial charge in [-0.05, 0) is 34.1 Å². The summed E-state index contributed by atoms with van der Waals surface area (Å²) < 4.78 is 7.72. The zero-order valence-electron chi connectivity index (χ0n) is 21.3. The lowest BCUT2D eigenvalue weighted by molar-refractivity contribution is 0.0689. The molecule has 1 aromatic carbocycles. The van der Waals surface area contributed by atoms with Crippen molar-refractivity contribution in [2.45, 2.75) is 59.1 Å². The molecule has 3 aromatic rings. The number of rotatable bonds is 15. The van der Waals surface area contributed by atoms with Crippen LogP contribution in [0.2, 0.25) is 0 Å². The number of halogens is 1. The molecule has 196 valence electrons. The van der Waals surface area contributed by atoms with Crippen molar-refractivity contribution < 1.29 is 14.6 Å². The molecule has 0 aliphatic carbocycles. The fraction of sp³-hybridized carbons (Fsp3) is 0.345. The van der Waals surface area contributed by atoms with E-state index in [4.69, 9.17) is 9.84 Å². The Balaban J connectivity index is 1.50. The Morgan fingerprint density at radius 2 is 1.89 bits per heavy atom. The quantitative estimate of drug-likeness (QED) is 0.131. The van der Waals surface area contributed by atoms with Crippen molar-refractivity contribution in [3.63, 3.8) is 0 Å². The number of pyridine rings is 1. The van der Waals surface area contributed by atoms with Gasteiger partial charge in [0.25, 0.3) is 0 Å². The number of nitrogens with one attached hydrogen (secondary N) is 1. The second kappa shape index (κ2) is 15.5. The third-order valence-corrected chi connectivity index (χ3v) is 7.36. The lowest BCUT2D eigenvalue weighted by Crippen LogP contribution is -2.10. The number of allylic oxidation sites excluding steroid dienone is 2. The van der Waals surface area contributed by atoms with Gasteiger partial charge in [0.15, 0.2) is 5.69 Å². The van der Waals surface area contributed by atoms with E-state index in [9.17, 15) is 4.79 Å². The van der Waals surface area contributed by atoms with Crippen molar-refractivity contribution in [2.75, 3.05) is 0 Å². The normalized spacial score (nSPS) is 11.8. The number of aromatic carboxylic acids is 1. The van der Waals surface area contributed by atoms with Gasteiger partial charge in [0.2, 0.25) is 5.88 Å². The third kappa shape index (κ3) is 9.59. The molecular weight excluding hydrogens is 597 g/mol. The van der Waals surface area contributed by atoms with Gasteiger partial charge in [-0.2, -0.15) is 0 Å². The van der Waals surface area contributed by atoms with Crippen molar-refractivity contribution in [3.8, 4) is 17.1 Å². The Labute approximate surface area is 237 Å². The number of hydrogen-bond acceptors (Lipinski definition) is 6. The average molecular weight is 632 g/mol. The first-order valence-corrected chi connectivity index (χ1v) is 14.7. The van der Waals surface area contributed by atoms with Crippen LogP contribution < -0.4 is 10.1 Å². The zero-order valence-corrected chi connectivity index (χ0v) is 24.3. The molecule has 37 heavy (non-hydrogen) atoms. The summed E-state index contributed by atoms with van der Waals surface area (Å²) >= 11 is 3.79. The number of hydrogen-bond donors (Lipinski definition) is 2. The summed E-state index contributed by atoms with van der Waals surface area (Å²) in [6.45, 7) is 5.52. The van der Waals surface area contributed by atoms with E-state index in [-0.39, 0.29) is 18.2 Å². The highest BCUT2D eigenvalue weighted by molar-refractivity contribution is 14.1. The van der Waals surface area contributed by atoms with Crippen LogP contribution >= 0.6 is 33.9 Å². The maximum atomic E-state index is 11.1. The second-order valence-corrected chi connectivity index (χ2v) is 10.3. The van der Waals surface area contributed by atoms with Crippen LogP contribution in [0.4, 0.5) is 0 Å². The van der Waals surface area contributed by atoms with E-state index in [2.05, 4.69) is 92.2 Å². The molecule has 8 heteroatoms. The molecule has 2 N–H and O–H groups in total. The maximum Gasteiger partial charge on any atom is 0.354 e. The lowest BCUT2D eigenvalue weighted by atomic mass is 9.94. The monoisotopic (exact) mass is 631 g/mol. The van der Waals surface area contributed by atoms with Gasteiger partial charge in [0, 0.05) is 29.3 Å². The van der Waals surface area contributed by atoms with Crippen LogP contribution in [0.25, 0.3) is 11.3 Å². The minimum absolute atomic E-state index is 0.0448. The first kappa shape index (κ1) is 28.8. The van der Waals surface area contributed by atoms with Crippen molar-refractivity contribution in [2.24, 2.45) is 5.92 Å². The van der Waals surface area contributed by atoms with E-state index < -0.39 is 5.97 Å². The molecule has 2 aromatic heterocycles. The second-order valence-electron chi connectivity index (χ2n) is 8.78. The fourth-order valence-electron chi connectivity index (χ4n) is 3.98. The Bertz CT molecular complexity index is 1190. The van der Waals surface area contributed by atoms with Crippen LogP contribution in [0.3, 0.4) is 0 Å². The van der Waals surface area contributed by atoms with Crippen LogP contribution in [-0.2, 0) is 13.2 Å². The number of carboxylic acids is 1. The summed E-state index contributed by atoms with van der Waals surface area (Å²) in [5.74, 6) is -0.0292. The Kier molecular flexibility index (Phi) is 12.1. The molecule has 0 spiro atoms. The highest BCUT2D eigenvalue weighted by Gasteiger charge is 2.09. The van der Waals surface area contributed by atoms with Crippen molar-refractivity contribution in [1.82, 2.24) is 15.3 Å². The molecule has 0 saturated carbocycles. The summed E-state index contributed by atoms with van der Waals surface area (Å²) in [4.78, 5) is 19.7. The van der Waals surface area contributed by atoms with Crippen molar-refractivity contribution in [1.29, 1.82) is 0 Å². The average Bonchev–Trinajstić information content (AvgIpc) is 3.39. The molecule has 0 bridgehead atoms. The zero-order chi connectivity index (χ0) is 26.5. The summed E-state index contributed by atoms with van der Waals surface area (Å²) in [6, 6.07) is 13.1. The molecule has 0 unspecified atom stereocenters. The number of aromatic nitrogens is 2. The topological polar surface area (TPSA) is 84.3 Å². The van der Waals surface area contributed by atoms with E-state index in [0.717, 1.165) is 40.8 Å². The summed E-state index contributed by atoms with van der Waals surface area (Å²) in [7, 11) is 0. The van der Waals surface area contributed by atoms with E-state index in [1.807, 2.05) is 5.38 Å². The minimum Gasteiger partial charge on any atom is -0.477 e. The van der Waals surface area contributed by atoms with Crippen LogP contribution in [0.1, 0.15) is 67.0 Å². The van der Waals surface area contributed by atoms with E-state index in [0.29, 0.717) is 0 Å². The van der Waals surface area contributed by atoms with Crippen LogP contribution in [0.15, 0.2) is 69.8 Å². The van der Waals surface area contributed by atoms with Crippen molar-refractivity contribution >= 4 is 39.9 Å². The predicted molar refractivity (Wildman–Crippen MR) is 159 cm³/mol. The maximum absolute atomic E-state index is 11.1. The van der Waals surface area contributed by atoms with Gasteiger partial charge in [0.05, 0.1) is 5.69 Å². The summed E-state index contributed by atoms with van der Waals surface area (Å²) in [5.41, 5.74) is 4.21. The third-order valence-electron chi connectivity index (χ3n) is 5.86. The molecule has 2 heterocycles. The van der Waals surface area contributed by atoms with Gasteiger partial charge in [-0.1, -0.05) is 98.5 Å². The van der Waals surface area contributed by atoms with Gasteiger partial charge in [0.1, 0.15) is 11.6 Å². The van der Waals surface area contributed by atoms with Crippen LogP contribution in [0.5, 0.6) is 5.88 Å². The smallest absolute Gasteiger partial charge is 0.354 e. The molecule has 0 fully saturated rings. The van der Waals surface area contributed by atoms with Gasteiger partial charge in [-0.3, -0.25) is 0 Å². The summed E-state index contributed by atoms with van der Waals surface area (Å²) in [6.07, 6.45) is 10.7. The van der Waals surface area contributed by atoms with Gasteiger partial charge in [-0.25, -0.2) is 14.8 Å². The molecule has 0 saturated heterocycles. The van der Waals surface area contributed by atoms with Crippen LogP contribution in [0, 0.1) is 5.92 Å². The number of ether oxygens (including phenoxy) is 1. The lowest BCUT2D eigenvalue weighted by Gasteiger charge is -2.12. The fourth-order valence-corrected chi connectivity index (χ4v) is 5.12. The number of benzene rings is 1. The molecule has 3 rings (SSSR count). The molecule has 0 amide bonds. The largest absolute Gasteiger partial charge is 0.477 e. The highest BCUT2D eigenvalue weighted by Crippen LogP contribution is 2.24. The molecule has 0 radical (unpaired) electrons. The predicted octanol–water partition coefficient (Wildman–Crippen LogP) is 8.01. The molecule has 6 nitrogen and oxygen atoms in total. The number of carbonyl (C=O) groups is 1. The minimum atomic E-state index is -1.08. The van der Waals surface area contributed by atoms with Crippen LogP contribution in [-0.4, -0.2) is 21.0 Å². The number of carboxylic acid groups (broad SMARTS) is 1. The molecule has 0 aliphatic heterocycles. The summed E-state index contributed by atoms with van der Waals surface area (Å²) in [5, 5.41) is 15.4. The van der Waals surface area contributed by atoms with Gasteiger partial charge >= 0.3 is 5.97 Å². The Morgan fingerprint density at radius 1 is 1.14 bits per heavy atom. The highest BCUT2D eigenvalue weighted by atomic mass is 127. The van der Waals surface area contributed by atoms with E-state index in [1.54, 1.807) is 12.1 Å². The Morgan fingerprint density at radius 3 is 2.57 bits per heavy atom. The molecule has 0 aliphatic rings. The van der Waals surface area contributed by atoms with E-state index in [1.165, 1.54) is 48.6 Å². The molecular formula is C29H34IN3O3S. The van der Waals surface area contributed by atoms with Gasteiger partial charge < -0.3 is 15.2 Å². The number of nitrogens with zero attached hydrogens (tertiary/aromatic N) is 2. The van der Waals surface area contributed by atoms with E-state index >= 15 is 0 Å². The standard InChI is InChI=1S/C29H34IN3O3S/c1-3-7-21(8-4-2)9-5-10-24(17-30)31-18-22-13-15-23(16-14-22)26-20-37-28(33-26)19-36-27-12-6-11-25(32-27)29(34)35/h5-6,10-17,20-21,31H,3-4,7-9,18-19H2,1-2H3,(H,34,35)/b10-5-,24-17+. The SMILES string of the molecule is CCCC(C/C=C\C(=C/I)NCc1ccc(-c2csc(COc3cccc(C(=O)O)n3)n2)cc1)CCC.